The smallest absolute Gasteiger partial charge is 0.309 e. The SMILES string of the molecule is CC(C)OC[C@@H]1C[C@H]1C(=O)OCCCC[C@H](CO[N+](=O)[O-])O[N+](=O)[O-]. The van der Waals surface area contributed by atoms with Crippen LogP contribution >= 0.6 is 0 Å². The monoisotopic (exact) mass is 364 g/mol. The molecule has 1 aliphatic rings. The summed E-state index contributed by atoms with van der Waals surface area (Å²) >= 11 is 0. The van der Waals surface area contributed by atoms with E-state index in [4.69, 9.17) is 9.47 Å². The van der Waals surface area contributed by atoms with Crippen molar-refractivity contribution in [2.24, 2.45) is 11.8 Å². The van der Waals surface area contributed by atoms with E-state index in [1.54, 1.807) is 0 Å². The second-order valence-corrected chi connectivity index (χ2v) is 6.12. The third kappa shape index (κ3) is 9.65. The summed E-state index contributed by atoms with van der Waals surface area (Å²) in [6, 6.07) is 0. The van der Waals surface area contributed by atoms with Crippen molar-refractivity contribution >= 4 is 5.97 Å². The van der Waals surface area contributed by atoms with E-state index < -0.39 is 22.9 Å². The predicted molar refractivity (Wildman–Crippen MR) is 82.3 cm³/mol. The van der Waals surface area contributed by atoms with Gasteiger partial charge in [0, 0.05) is 0 Å². The van der Waals surface area contributed by atoms with E-state index in [1.165, 1.54) is 0 Å². The zero-order valence-electron chi connectivity index (χ0n) is 14.3. The van der Waals surface area contributed by atoms with Crippen LogP contribution in [-0.2, 0) is 23.9 Å². The zero-order valence-corrected chi connectivity index (χ0v) is 14.3. The molecule has 3 atom stereocenters. The minimum Gasteiger partial charge on any atom is -0.465 e. The molecule has 0 aliphatic heterocycles. The van der Waals surface area contributed by atoms with Gasteiger partial charge in [-0.1, -0.05) is 0 Å². The Balaban J connectivity index is 2.12. The molecule has 0 bridgehead atoms. The molecule has 0 aromatic rings. The van der Waals surface area contributed by atoms with Crippen molar-refractivity contribution in [1.82, 2.24) is 0 Å². The van der Waals surface area contributed by atoms with E-state index in [9.17, 15) is 25.0 Å². The van der Waals surface area contributed by atoms with Gasteiger partial charge < -0.3 is 19.1 Å². The van der Waals surface area contributed by atoms with Gasteiger partial charge in [0.05, 0.1) is 25.2 Å². The highest BCUT2D eigenvalue weighted by Crippen LogP contribution is 2.39. The van der Waals surface area contributed by atoms with Crippen molar-refractivity contribution in [2.45, 2.75) is 51.7 Å². The molecule has 0 aromatic carbocycles. The highest BCUT2D eigenvalue weighted by molar-refractivity contribution is 5.75. The van der Waals surface area contributed by atoms with Gasteiger partial charge in [0.15, 0.2) is 0 Å². The van der Waals surface area contributed by atoms with Crippen LogP contribution in [0.3, 0.4) is 0 Å². The predicted octanol–water partition coefficient (Wildman–Crippen LogP) is 1.55. The van der Waals surface area contributed by atoms with E-state index in [0.29, 0.717) is 19.4 Å². The van der Waals surface area contributed by atoms with Crippen molar-refractivity contribution in [1.29, 1.82) is 0 Å². The molecule has 25 heavy (non-hydrogen) atoms. The topological polar surface area (TPSA) is 140 Å². The molecule has 0 aromatic heterocycles. The largest absolute Gasteiger partial charge is 0.465 e. The Hall–Kier alpha value is -2.17. The van der Waals surface area contributed by atoms with Crippen LogP contribution in [-0.4, -0.2) is 48.2 Å². The molecule has 11 heteroatoms. The van der Waals surface area contributed by atoms with Gasteiger partial charge in [0.25, 0.3) is 10.2 Å². The number of carbonyl (C=O) groups is 1. The van der Waals surface area contributed by atoms with Crippen molar-refractivity contribution in [3.05, 3.63) is 20.2 Å². The number of unbranched alkanes of at least 4 members (excludes halogenated alkanes) is 1. The molecule has 11 nitrogen and oxygen atoms in total. The van der Waals surface area contributed by atoms with Crippen molar-refractivity contribution < 1.29 is 34.1 Å². The lowest BCUT2D eigenvalue weighted by Gasteiger charge is -2.13. The first-order valence-corrected chi connectivity index (χ1v) is 8.16. The summed E-state index contributed by atoms with van der Waals surface area (Å²) in [7, 11) is 0. The summed E-state index contributed by atoms with van der Waals surface area (Å²) in [5.41, 5.74) is 0. The average Bonchev–Trinajstić information content (AvgIpc) is 3.29. The maximum atomic E-state index is 11.8. The van der Waals surface area contributed by atoms with E-state index in [2.05, 4.69) is 9.68 Å². The highest BCUT2D eigenvalue weighted by Gasteiger charge is 2.44. The molecule has 0 amide bonds. The van der Waals surface area contributed by atoms with Gasteiger partial charge in [-0.2, -0.15) is 0 Å². The summed E-state index contributed by atoms with van der Waals surface area (Å²) in [6.45, 7) is 4.08. The van der Waals surface area contributed by atoms with Crippen molar-refractivity contribution in [2.75, 3.05) is 19.8 Å². The number of hydrogen-bond acceptors (Lipinski definition) is 9. The van der Waals surface area contributed by atoms with E-state index >= 15 is 0 Å². The number of esters is 1. The Morgan fingerprint density at radius 2 is 1.92 bits per heavy atom. The maximum Gasteiger partial charge on any atom is 0.309 e. The Bertz CT molecular complexity index is 458. The summed E-state index contributed by atoms with van der Waals surface area (Å²) < 4.78 is 10.6. The fourth-order valence-corrected chi connectivity index (χ4v) is 2.22. The Kier molecular flexibility index (Phi) is 8.89. The molecule has 0 N–H and O–H groups in total. The van der Waals surface area contributed by atoms with Crippen LogP contribution in [0.25, 0.3) is 0 Å². The van der Waals surface area contributed by atoms with Gasteiger partial charge >= 0.3 is 5.97 Å². The normalized spacial score (nSPS) is 20.0. The van der Waals surface area contributed by atoms with E-state index in [1.807, 2.05) is 13.8 Å². The van der Waals surface area contributed by atoms with Crippen LogP contribution in [0.15, 0.2) is 0 Å². The van der Waals surface area contributed by atoms with Crippen LogP contribution in [0, 0.1) is 32.1 Å². The van der Waals surface area contributed by atoms with E-state index in [0.717, 1.165) is 6.42 Å². The molecule has 144 valence electrons. The number of rotatable bonds is 14. The number of hydrogen-bond donors (Lipinski definition) is 0. The number of nitrogens with zero attached hydrogens (tertiary/aromatic N) is 2. The minimum atomic E-state index is -1.03. The molecule has 0 radical (unpaired) electrons. The van der Waals surface area contributed by atoms with Gasteiger partial charge in [-0.3, -0.25) is 4.79 Å². The molecular weight excluding hydrogens is 340 g/mol. The first-order chi connectivity index (χ1) is 11.8. The summed E-state index contributed by atoms with van der Waals surface area (Å²) in [4.78, 5) is 40.6. The Morgan fingerprint density at radius 3 is 2.52 bits per heavy atom. The van der Waals surface area contributed by atoms with Crippen LogP contribution in [0.2, 0.25) is 0 Å². The molecule has 0 spiro atoms. The maximum absolute atomic E-state index is 11.8. The molecule has 1 fully saturated rings. The Morgan fingerprint density at radius 1 is 1.20 bits per heavy atom. The van der Waals surface area contributed by atoms with Crippen molar-refractivity contribution in [3.8, 4) is 0 Å². The molecular formula is C14H24N2O9. The molecule has 1 aliphatic carbocycles. The molecule has 0 unspecified atom stereocenters. The van der Waals surface area contributed by atoms with E-state index in [-0.39, 0.29) is 36.9 Å². The lowest BCUT2D eigenvalue weighted by molar-refractivity contribution is -0.790. The van der Waals surface area contributed by atoms with Gasteiger partial charge in [0.2, 0.25) is 0 Å². The number of ether oxygens (including phenoxy) is 2. The summed E-state index contributed by atoms with van der Waals surface area (Å²) in [5.74, 6) is -0.156. The van der Waals surface area contributed by atoms with Crippen LogP contribution in [0.4, 0.5) is 0 Å². The van der Waals surface area contributed by atoms with Gasteiger partial charge in [-0.25, -0.2) is 0 Å². The average molecular weight is 364 g/mol. The minimum absolute atomic E-state index is 0.113. The molecule has 0 heterocycles. The second kappa shape index (κ2) is 10.6. The fourth-order valence-electron chi connectivity index (χ4n) is 2.22. The van der Waals surface area contributed by atoms with Crippen molar-refractivity contribution in [3.63, 3.8) is 0 Å². The summed E-state index contributed by atoms with van der Waals surface area (Å²) in [6.07, 6.45) is 0.963. The molecule has 1 rings (SSSR count). The zero-order chi connectivity index (χ0) is 18.8. The lowest BCUT2D eigenvalue weighted by Crippen LogP contribution is -2.24. The third-order valence-electron chi connectivity index (χ3n) is 3.63. The van der Waals surface area contributed by atoms with Gasteiger partial charge in [-0.15, -0.1) is 20.2 Å². The van der Waals surface area contributed by atoms with Gasteiger partial charge in [-0.05, 0) is 45.4 Å². The van der Waals surface area contributed by atoms with Crippen LogP contribution < -0.4 is 0 Å². The van der Waals surface area contributed by atoms with Gasteiger partial charge in [0.1, 0.15) is 12.7 Å². The highest BCUT2D eigenvalue weighted by atomic mass is 17.0. The quantitative estimate of drug-likeness (QED) is 0.194. The molecule has 0 saturated heterocycles. The fraction of sp³-hybridized carbons (Fsp3) is 0.929. The third-order valence-corrected chi connectivity index (χ3v) is 3.63. The van der Waals surface area contributed by atoms with Crippen LogP contribution in [0.5, 0.6) is 0 Å². The summed E-state index contributed by atoms with van der Waals surface area (Å²) in [5, 5.41) is 18.4. The lowest BCUT2D eigenvalue weighted by atomic mass is 10.2. The first kappa shape index (κ1) is 20.9. The number of carbonyl (C=O) groups excluding carboxylic acids is 1. The standard InChI is InChI=1S/C14H24N2O9/c1-10(2)23-8-11-7-13(11)14(17)22-6-4-3-5-12(25-16(20)21)9-24-15(18)19/h10-13H,3-9H2,1-2H3/t11-,12+,13+/m0/s1. The van der Waals surface area contributed by atoms with Crippen LogP contribution in [0.1, 0.15) is 39.5 Å². The first-order valence-electron chi connectivity index (χ1n) is 8.16. The second-order valence-electron chi connectivity index (χ2n) is 6.12. The molecule has 1 saturated carbocycles. The Labute approximate surface area is 144 Å².